The van der Waals surface area contributed by atoms with Crippen LogP contribution in [0, 0.1) is 6.92 Å². The van der Waals surface area contributed by atoms with E-state index < -0.39 is 12.7 Å². The van der Waals surface area contributed by atoms with Gasteiger partial charge >= 0.3 is 6.61 Å². The lowest BCUT2D eigenvalue weighted by molar-refractivity contribution is -0.0499. The van der Waals surface area contributed by atoms with Gasteiger partial charge in [0.15, 0.2) is 0 Å². The van der Waals surface area contributed by atoms with Crippen LogP contribution in [0.5, 0.6) is 5.75 Å². The van der Waals surface area contributed by atoms with Gasteiger partial charge in [0.2, 0.25) is 0 Å². The van der Waals surface area contributed by atoms with Gasteiger partial charge in [-0.2, -0.15) is 8.78 Å². The summed E-state index contributed by atoms with van der Waals surface area (Å²) >= 11 is 0. The molecule has 0 saturated carbocycles. The Balaban J connectivity index is 1.86. The average Bonchev–Trinajstić information content (AvgIpc) is 2.49. The third kappa shape index (κ3) is 5.05. The van der Waals surface area contributed by atoms with E-state index in [2.05, 4.69) is 15.0 Å². The van der Waals surface area contributed by atoms with Gasteiger partial charge in [0.05, 0.1) is 11.8 Å². The molecule has 1 heterocycles. The molecule has 1 atom stereocenters. The molecule has 0 bridgehead atoms. The summed E-state index contributed by atoms with van der Waals surface area (Å²) in [6.45, 7) is -0.112. The van der Waals surface area contributed by atoms with Crippen LogP contribution < -0.4 is 10.1 Å². The lowest BCUT2D eigenvalue weighted by Gasteiger charge is -2.13. The first-order valence-corrected chi connectivity index (χ1v) is 6.89. The van der Waals surface area contributed by atoms with E-state index in [9.17, 15) is 13.9 Å². The number of aryl methyl sites for hydroxylation is 1. The van der Waals surface area contributed by atoms with E-state index in [1.807, 2.05) is 19.1 Å². The second-order valence-corrected chi connectivity index (χ2v) is 4.92. The molecule has 118 valence electrons. The van der Waals surface area contributed by atoms with Crippen molar-refractivity contribution in [3.63, 3.8) is 0 Å². The van der Waals surface area contributed by atoms with Crippen LogP contribution in [0.3, 0.4) is 0 Å². The second kappa shape index (κ2) is 7.82. The summed E-state index contributed by atoms with van der Waals surface area (Å²) in [5.41, 5.74) is 2.47. The van der Waals surface area contributed by atoms with Gasteiger partial charge < -0.3 is 15.2 Å². The topological polar surface area (TPSA) is 54.4 Å². The molecular formula is C16H18F2N2O2. The van der Waals surface area contributed by atoms with Gasteiger partial charge in [-0.05, 0) is 36.2 Å². The predicted octanol–water partition coefficient (Wildman–Crippen LogP) is 2.81. The van der Waals surface area contributed by atoms with Crippen molar-refractivity contribution in [3.05, 3.63) is 59.4 Å². The molecule has 0 fully saturated rings. The van der Waals surface area contributed by atoms with Crippen molar-refractivity contribution in [1.29, 1.82) is 0 Å². The summed E-state index contributed by atoms with van der Waals surface area (Å²) in [6, 6.07) is 9.93. The molecule has 1 unspecified atom stereocenters. The van der Waals surface area contributed by atoms with Crippen LogP contribution >= 0.6 is 0 Å². The molecule has 4 nitrogen and oxygen atoms in total. The molecule has 2 rings (SSSR count). The number of aliphatic hydroxyl groups is 1. The van der Waals surface area contributed by atoms with E-state index in [0.717, 1.165) is 11.3 Å². The number of benzene rings is 1. The van der Waals surface area contributed by atoms with E-state index >= 15 is 0 Å². The van der Waals surface area contributed by atoms with Crippen molar-refractivity contribution in [3.8, 4) is 5.75 Å². The molecule has 6 heteroatoms. The van der Waals surface area contributed by atoms with Crippen LogP contribution in [0.1, 0.15) is 22.9 Å². The molecule has 22 heavy (non-hydrogen) atoms. The normalized spacial score (nSPS) is 12.4. The monoisotopic (exact) mass is 308 g/mol. The molecule has 0 amide bonds. The van der Waals surface area contributed by atoms with E-state index in [0.29, 0.717) is 12.1 Å². The SMILES string of the molecule is Cc1ccc(CNCC(O)c2cccc(OC(F)F)c2)nc1. The molecule has 0 aliphatic carbocycles. The summed E-state index contributed by atoms with van der Waals surface area (Å²) in [5, 5.41) is 13.2. The maximum Gasteiger partial charge on any atom is 0.387 e. The van der Waals surface area contributed by atoms with Crippen LogP contribution in [0.15, 0.2) is 42.6 Å². The zero-order valence-corrected chi connectivity index (χ0v) is 12.2. The summed E-state index contributed by atoms with van der Waals surface area (Å²) in [5.74, 6) is 0.0340. The van der Waals surface area contributed by atoms with Gasteiger partial charge in [-0.15, -0.1) is 0 Å². The van der Waals surface area contributed by atoms with E-state index in [1.54, 1.807) is 18.3 Å². The number of hydrogen-bond donors (Lipinski definition) is 2. The van der Waals surface area contributed by atoms with Crippen molar-refractivity contribution in [2.75, 3.05) is 6.54 Å². The summed E-state index contributed by atoms with van der Waals surface area (Å²) in [4.78, 5) is 4.25. The Bertz CT molecular complexity index is 591. The van der Waals surface area contributed by atoms with Gasteiger partial charge in [0.1, 0.15) is 5.75 Å². The highest BCUT2D eigenvalue weighted by atomic mass is 19.3. The lowest BCUT2D eigenvalue weighted by atomic mass is 10.1. The molecule has 1 aromatic heterocycles. The molecule has 0 spiro atoms. The molecule has 2 aromatic rings. The van der Waals surface area contributed by atoms with Crippen molar-refractivity contribution < 1.29 is 18.6 Å². The number of halogens is 2. The fourth-order valence-electron chi connectivity index (χ4n) is 1.96. The Hall–Kier alpha value is -2.05. The minimum Gasteiger partial charge on any atom is -0.435 e. The van der Waals surface area contributed by atoms with E-state index in [4.69, 9.17) is 0 Å². The number of hydrogen-bond acceptors (Lipinski definition) is 4. The van der Waals surface area contributed by atoms with Crippen molar-refractivity contribution in [2.24, 2.45) is 0 Å². The standard InChI is InChI=1S/C16H18F2N2O2/c1-11-5-6-13(20-8-11)9-19-10-15(21)12-3-2-4-14(7-12)22-16(17)18/h2-8,15-16,19,21H,9-10H2,1H3. The highest BCUT2D eigenvalue weighted by molar-refractivity contribution is 5.30. The molecule has 1 aromatic carbocycles. The highest BCUT2D eigenvalue weighted by Crippen LogP contribution is 2.20. The van der Waals surface area contributed by atoms with Crippen molar-refractivity contribution in [1.82, 2.24) is 10.3 Å². The third-order valence-corrected chi connectivity index (χ3v) is 3.08. The molecule has 0 radical (unpaired) electrons. The lowest BCUT2D eigenvalue weighted by Crippen LogP contribution is -2.21. The zero-order chi connectivity index (χ0) is 15.9. The Labute approximate surface area is 127 Å². The second-order valence-electron chi connectivity index (χ2n) is 4.92. The minimum atomic E-state index is -2.88. The quantitative estimate of drug-likeness (QED) is 0.826. The summed E-state index contributed by atoms with van der Waals surface area (Å²) in [7, 11) is 0. The largest absolute Gasteiger partial charge is 0.435 e. The number of ether oxygens (including phenoxy) is 1. The first-order chi connectivity index (χ1) is 10.5. The number of nitrogens with one attached hydrogen (secondary N) is 1. The Morgan fingerprint density at radius 1 is 1.27 bits per heavy atom. The Kier molecular flexibility index (Phi) is 5.80. The van der Waals surface area contributed by atoms with Crippen LogP contribution in [-0.2, 0) is 6.54 Å². The number of nitrogens with zero attached hydrogens (tertiary/aromatic N) is 1. The first kappa shape index (κ1) is 16.3. The maximum atomic E-state index is 12.2. The fourth-order valence-corrected chi connectivity index (χ4v) is 1.96. The minimum absolute atomic E-state index is 0.0340. The molecule has 0 aliphatic heterocycles. The average molecular weight is 308 g/mol. The van der Waals surface area contributed by atoms with Crippen LogP contribution in [0.25, 0.3) is 0 Å². The van der Waals surface area contributed by atoms with E-state index in [-0.39, 0.29) is 12.3 Å². The van der Waals surface area contributed by atoms with Crippen LogP contribution in [-0.4, -0.2) is 23.2 Å². The highest BCUT2D eigenvalue weighted by Gasteiger charge is 2.10. The predicted molar refractivity (Wildman–Crippen MR) is 78.7 cm³/mol. The van der Waals surface area contributed by atoms with Gasteiger partial charge in [-0.25, -0.2) is 0 Å². The smallest absolute Gasteiger partial charge is 0.387 e. The zero-order valence-electron chi connectivity index (χ0n) is 12.2. The number of aliphatic hydroxyl groups excluding tert-OH is 1. The summed E-state index contributed by atoms with van der Waals surface area (Å²) < 4.78 is 28.7. The van der Waals surface area contributed by atoms with Gasteiger partial charge in [0, 0.05) is 19.3 Å². The summed E-state index contributed by atoms with van der Waals surface area (Å²) in [6.07, 6.45) is 0.963. The van der Waals surface area contributed by atoms with Crippen molar-refractivity contribution >= 4 is 0 Å². The molecule has 0 saturated heterocycles. The first-order valence-electron chi connectivity index (χ1n) is 6.89. The molecule has 0 aliphatic rings. The van der Waals surface area contributed by atoms with E-state index in [1.165, 1.54) is 12.1 Å². The Morgan fingerprint density at radius 2 is 2.09 bits per heavy atom. The Morgan fingerprint density at radius 3 is 2.77 bits per heavy atom. The van der Waals surface area contributed by atoms with Gasteiger partial charge in [-0.3, -0.25) is 4.98 Å². The van der Waals surface area contributed by atoms with Crippen molar-refractivity contribution in [2.45, 2.75) is 26.2 Å². The molecular weight excluding hydrogens is 290 g/mol. The fraction of sp³-hybridized carbons (Fsp3) is 0.312. The van der Waals surface area contributed by atoms with Gasteiger partial charge in [0.25, 0.3) is 0 Å². The molecule has 2 N–H and O–H groups in total. The van der Waals surface area contributed by atoms with Gasteiger partial charge in [-0.1, -0.05) is 18.2 Å². The van der Waals surface area contributed by atoms with Crippen LogP contribution in [0.4, 0.5) is 8.78 Å². The maximum absolute atomic E-state index is 12.2. The number of rotatable bonds is 7. The third-order valence-electron chi connectivity index (χ3n) is 3.08. The number of aromatic nitrogens is 1. The number of alkyl halides is 2. The number of pyridine rings is 1. The van der Waals surface area contributed by atoms with Crippen LogP contribution in [0.2, 0.25) is 0 Å².